The Morgan fingerprint density at radius 2 is 1.43 bits per heavy atom. The monoisotopic (exact) mass is 298 g/mol. The van der Waals surface area contributed by atoms with Gasteiger partial charge in [0.2, 0.25) is 0 Å². The van der Waals surface area contributed by atoms with Crippen molar-refractivity contribution in [2.75, 3.05) is 7.11 Å². The first-order valence-electron chi connectivity index (χ1n) is 6.27. The molecule has 0 amide bonds. The van der Waals surface area contributed by atoms with Crippen molar-refractivity contribution in [2.45, 2.75) is 20.8 Å². The van der Waals surface area contributed by atoms with Gasteiger partial charge in [-0.2, -0.15) is 0 Å². The van der Waals surface area contributed by atoms with E-state index in [2.05, 4.69) is 0 Å². The number of hydrogen-bond donors (Lipinski definition) is 0. The molecule has 2 rings (SSSR count). The molecule has 0 aliphatic rings. The van der Waals surface area contributed by atoms with Crippen LogP contribution in [0.5, 0.6) is 5.75 Å². The second kappa shape index (κ2) is 5.39. The molecule has 0 unspecified atom stereocenters. The van der Waals surface area contributed by atoms with E-state index in [0.29, 0.717) is 17.4 Å². The van der Waals surface area contributed by atoms with Crippen molar-refractivity contribution in [3.63, 3.8) is 0 Å². The van der Waals surface area contributed by atoms with Gasteiger partial charge in [-0.1, -0.05) is 6.07 Å². The first kappa shape index (κ1) is 15.4. The quantitative estimate of drug-likeness (QED) is 0.438. The fourth-order valence-electron chi connectivity index (χ4n) is 2.40. The van der Waals surface area contributed by atoms with Crippen LogP contribution in [0.25, 0.3) is 11.1 Å². The Kier molecular flexibility index (Phi) is 3.94. The van der Waals surface area contributed by atoms with Gasteiger partial charge < -0.3 is 4.74 Å². The van der Waals surface area contributed by atoms with Crippen LogP contribution < -0.4 is 4.74 Å². The molecule has 2 aromatic carbocycles. The molecule has 0 radical (unpaired) electrons. The Bertz CT molecular complexity index is 723. The maximum absolute atomic E-state index is 14.0. The van der Waals surface area contributed by atoms with E-state index in [1.165, 1.54) is 7.11 Å². The molecular weight excluding hydrogens is 284 g/mol. The summed E-state index contributed by atoms with van der Waals surface area (Å²) in [7, 11) is 1.39. The topological polar surface area (TPSA) is 9.23 Å². The average molecular weight is 298 g/mol. The van der Waals surface area contributed by atoms with E-state index in [4.69, 9.17) is 4.74 Å². The molecule has 0 fully saturated rings. The molecule has 0 aliphatic heterocycles. The number of benzene rings is 2. The maximum atomic E-state index is 14.0. The van der Waals surface area contributed by atoms with E-state index in [9.17, 15) is 17.6 Å². The summed E-state index contributed by atoms with van der Waals surface area (Å²) in [6.45, 7) is 5.27. The van der Waals surface area contributed by atoms with E-state index in [0.717, 1.165) is 11.1 Å². The third-order valence-electron chi connectivity index (χ3n) is 3.56. The van der Waals surface area contributed by atoms with Crippen LogP contribution in [0.15, 0.2) is 12.1 Å². The highest BCUT2D eigenvalue weighted by atomic mass is 19.2. The van der Waals surface area contributed by atoms with E-state index in [1.807, 2.05) is 6.92 Å². The SMILES string of the molecule is COc1c(C)c(C)cc(C)c1-c1cc(F)c(F)c(F)c1F. The Morgan fingerprint density at radius 1 is 0.810 bits per heavy atom. The molecule has 5 heteroatoms. The molecule has 0 heterocycles. The van der Waals surface area contributed by atoms with Crippen LogP contribution in [0.1, 0.15) is 16.7 Å². The van der Waals surface area contributed by atoms with Gasteiger partial charge in [0.15, 0.2) is 23.3 Å². The standard InChI is InChI=1S/C16H14F4O/c1-7-5-8(2)12(16(21-4)9(7)3)10-6-11(17)14(19)15(20)13(10)18/h5-6H,1-4H3. The fraction of sp³-hybridized carbons (Fsp3) is 0.250. The second-order valence-corrected chi connectivity index (χ2v) is 4.89. The molecule has 0 aromatic heterocycles. The highest BCUT2D eigenvalue weighted by Gasteiger charge is 2.24. The smallest absolute Gasteiger partial charge is 0.198 e. The van der Waals surface area contributed by atoms with Gasteiger partial charge in [0, 0.05) is 11.1 Å². The molecule has 0 spiro atoms. The Labute approximate surface area is 120 Å². The zero-order valence-electron chi connectivity index (χ0n) is 12.1. The minimum absolute atomic E-state index is 0.218. The van der Waals surface area contributed by atoms with Gasteiger partial charge in [0.1, 0.15) is 5.75 Å². The molecule has 112 valence electrons. The number of aryl methyl sites for hydroxylation is 2. The lowest BCUT2D eigenvalue weighted by molar-refractivity contribution is 0.405. The fourth-order valence-corrected chi connectivity index (χ4v) is 2.40. The maximum Gasteiger partial charge on any atom is 0.198 e. The van der Waals surface area contributed by atoms with Crippen molar-refractivity contribution in [3.8, 4) is 16.9 Å². The van der Waals surface area contributed by atoms with Gasteiger partial charge >= 0.3 is 0 Å². The number of halogens is 4. The van der Waals surface area contributed by atoms with Crippen LogP contribution in [0.4, 0.5) is 17.6 Å². The molecule has 0 bridgehead atoms. The second-order valence-electron chi connectivity index (χ2n) is 4.89. The summed E-state index contributed by atoms with van der Waals surface area (Å²) in [5.41, 5.74) is 2.07. The zero-order valence-corrected chi connectivity index (χ0v) is 12.1. The van der Waals surface area contributed by atoms with E-state index >= 15 is 0 Å². The summed E-state index contributed by atoms with van der Waals surface area (Å²) in [6.07, 6.45) is 0. The molecule has 21 heavy (non-hydrogen) atoms. The summed E-state index contributed by atoms with van der Waals surface area (Å²) in [5, 5.41) is 0. The summed E-state index contributed by atoms with van der Waals surface area (Å²) >= 11 is 0. The van der Waals surface area contributed by atoms with Gasteiger partial charge in [-0.3, -0.25) is 0 Å². The minimum atomic E-state index is -1.83. The van der Waals surface area contributed by atoms with Crippen LogP contribution in [0.2, 0.25) is 0 Å². The molecule has 0 atom stereocenters. The van der Waals surface area contributed by atoms with Crippen LogP contribution in [-0.4, -0.2) is 7.11 Å². The molecule has 1 nitrogen and oxygen atoms in total. The first-order chi connectivity index (χ1) is 9.79. The highest BCUT2D eigenvalue weighted by Crippen LogP contribution is 2.40. The summed E-state index contributed by atoms with van der Waals surface area (Å²) in [6, 6.07) is 2.40. The highest BCUT2D eigenvalue weighted by molar-refractivity contribution is 5.77. The van der Waals surface area contributed by atoms with Crippen molar-refractivity contribution in [3.05, 3.63) is 52.1 Å². The lowest BCUT2D eigenvalue weighted by Crippen LogP contribution is -2.02. The molecule has 0 N–H and O–H groups in total. The first-order valence-corrected chi connectivity index (χ1v) is 6.27. The van der Waals surface area contributed by atoms with Gasteiger partial charge in [0.25, 0.3) is 0 Å². The van der Waals surface area contributed by atoms with Crippen molar-refractivity contribution in [1.82, 2.24) is 0 Å². The van der Waals surface area contributed by atoms with Gasteiger partial charge in [0.05, 0.1) is 7.11 Å². The van der Waals surface area contributed by atoms with Crippen LogP contribution in [0.3, 0.4) is 0 Å². The van der Waals surface area contributed by atoms with Crippen molar-refractivity contribution < 1.29 is 22.3 Å². The van der Waals surface area contributed by atoms with E-state index in [-0.39, 0.29) is 11.1 Å². The lowest BCUT2D eigenvalue weighted by Gasteiger charge is -2.17. The Hall–Kier alpha value is -2.04. The van der Waals surface area contributed by atoms with E-state index in [1.54, 1.807) is 19.9 Å². The van der Waals surface area contributed by atoms with Crippen molar-refractivity contribution in [2.24, 2.45) is 0 Å². The van der Waals surface area contributed by atoms with Crippen LogP contribution in [-0.2, 0) is 0 Å². The molecule has 2 aromatic rings. The van der Waals surface area contributed by atoms with Crippen molar-refractivity contribution >= 4 is 0 Å². The number of ether oxygens (including phenoxy) is 1. The number of hydrogen-bond acceptors (Lipinski definition) is 1. The van der Waals surface area contributed by atoms with Crippen LogP contribution >= 0.6 is 0 Å². The van der Waals surface area contributed by atoms with Gasteiger partial charge in [-0.15, -0.1) is 0 Å². The largest absolute Gasteiger partial charge is 0.496 e. The molecule has 0 saturated carbocycles. The summed E-state index contributed by atoms with van der Waals surface area (Å²) < 4.78 is 59.2. The lowest BCUT2D eigenvalue weighted by atomic mass is 9.93. The zero-order chi connectivity index (χ0) is 15.9. The van der Waals surface area contributed by atoms with Crippen LogP contribution in [0, 0.1) is 44.0 Å². The third kappa shape index (κ3) is 2.37. The molecule has 0 aliphatic carbocycles. The molecular formula is C16H14F4O. The Morgan fingerprint density at radius 3 is 2.00 bits per heavy atom. The number of rotatable bonds is 2. The van der Waals surface area contributed by atoms with Gasteiger partial charge in [-0.05, 0) is 43.5 Å². The predicted octanol–water partition coefficient (Wildman–Crippen LogP) is 4.84. The van der Waals surface area contributed by atoms with Gasteiger partial charge in [-0.25, -0.2) is 17.6 Å². The third-order valence-corrected chi connectivity index (χ3v) is 3.56. The number of methoxy groups -OCH3 is 1. The predicted molar refractivity (Wildman–Crippen MR) is 72.5 cm³/mol. The average Bonchev–Trinajstić information content (AvgIpc) is 2.44. The Balaban J connectivity index is 2.89. The molecule has 0 saturated heterocycles. The normalized spacial score (nSPS) is 10.9. The minimum Gasteiger partial charge on any atom is -0.496 e. The van der Waals surface area contributed by atoms with E-state index < -0.39 is 23.3 Å². The summed E-state index contributed by atoms with van der Waals surface area (Å²) in [5.74, 6) is -6.21. The summed E-state index contributed by atoms with van der Waals surface area (Å²) in [4.78, 5) is 0. The van der Waals surface area contributed by atoms with Crippen molar-refractivity contribution in [1.29, 1.82) is 0 Å².